The van der Waals surface area contributed by atoms with E-state index in [0.29, 0.717) is 23.9 Å². The Kier molecular flexibility index (Phi) is 5.87. The quantitative estimate of drug-likeness (QED) is 0.764. The Hall–Kier alpha value is -0.640. The van der Waals surface area contributed by atoms with E-state index in [0.717, 1.165) is 3.79 Å². The molecule has 1 aromatic heterocycles. The molecule has 0 unspecified atom stereocenters. The lowest BCUT2D eigenvalue weighted by Gasteiger charge is -2.33. The van der Waals surface area contributed by atoms with Gasteiger partial charge in [0.25, 0.3) is 10.0 Å². The minimum atomic E-state index is -3.47. The number of hydrogen-bond acceptors (Lipinski definition) is 5. The summed E-state index contributed by atoms with van der Waals surface area (Å²) in [7, 11) is -3.47. The lowest BCUT2D eigenvalue weighted by atomic mass is 10.2. The molecular formula is C13H19BrN2O4S2. The second-order valence-electron chi connectivity index (χ2n) is 5.42. The van der Waals surface area contributed by atoms with E-state index in [1.165, 1.54) is 15.6 Å². The van der Waals surface area contributed by atoms with E-state index in [1.54, 1.807) is 17.0 Å². The summed E-state index contributed by atoms with van der Waals surface area (Å²) in [5, 5.41) is 0. The number of amides is 1. The van der Waals surface area contributed by atoms with Crippen LogP contribution in [-0.2, 0) is 14.8 Å². The molecule has 1 fully saturated rings. The van der Waals surface area contributed by atoms with Gasteiger partial charge in [-0.3, -0.25) is 0 Å². The first kappa shape index (κ1) is 17.7. The van der Waals surface area contributed by atoms with Crippen molar-refractivity contribution in [3.8, 4) is 0 Å². The molecular weight excluding hydrogens is 392 g/mol. The molecule has 0 bridgehead atoms. The molecule has 2 rings (SSSR count). The number of halogens is 1. The molecule has 124 valence electrons. The van der Waals surface area contributed by atoms with Crippen molar-refractivity contribution < 1.29 is 17.9 Å². The van der Waals surface area contributed by atoms with Crippen LogP contribution in [0.5, 0.6) is 0 Å². The van der Waals surface area contributed by atoms with Crippen LogP contribution >= 0.6 is 27.3 Å². The molecule has 0 aliphatic carbocycles. The Morgan fingerprint density at radius 1 is 1.32 bits per heavy atom. The maximum Gasteiger partial charge on any atom is 0.409 e. The van der Waals surface area contributed by atoms with Gasteiger partial charge in [0.1, 0.15) is 4.21 Å². The van der Waals surface area contributed by atoms with E-state index >= 15 is 0 Å². The third-order valence-corrected chi connectivity index (χ3v) is 7.17. The second-order valence-corrected chi connectivity index (χ2v) is 10.0. The number of hydrogen-bond donors (Lipinski definition) is 0. The molecule has 1 amide bonds. The van der Waals surface area contributed by atoms with Crippen molar-refractivity contribution in [3.05, 3.63) is 15.9 Å². The van der Waals surface area contributed by atoms with E-state index in [1.807, 2.05) is 13.8 Å². The third kappa shape index (κ3) is 4.21. The van der Waals surface area contributed by atoms with E-state index < -0.39 is 10.0 Å². The van der Waals surface area contributed by atoms with Crippen LogP contribution in [0.25, 0.3) is 0 Å². The number of carbonyl (C=O) groups is 1. The fraction of sp³-hybridized carbons (Fsp3) is 0.615. The van der Waals surface area contributed by atoms with Gasteiger partial charge in [0.15, 0.2) is 0 Å². The second kappa shape index (κ2) is 7.29. The highest BCUT2D eigenvalue weighted by molar-refractivity contribution is 9.11. The summed E-state index contributed by atoms with van der Waals surface area (Å²) < 4.78 is 32.6. The summed E-state index contributed by atoms with van der Waals surface area (Å²) in [6.07, 6.45) is -0.371. The molecule has 1 aliphatic rings. The molecule has 0 spiro atoms. The Balaban J connectivity index is 1.93. The summed E-state index contributed by atoms with van der Waals surface area (Å²) in [5.74, 6) is 0.280. The Morgan fingerprint density at radius 3 is 2.45 bits per heavy atom. The third-order valence-electron chi connectivity index (χ3n) is 3.18. The lowest BCUT2D eigenvalue weighted by Crippen LogP contribution is -2.50. The fourth-order valence-electron chi connectivity index (χ4n) is 2.00. The lowest BCUT2D eigenvalue weighted by molar-refractivity contribution is 0.0805. The van der Waals surface area contributed by atoms with Crippen molar-refractivity contribution >= 4 is 43.4 Å². The van der Waals surface area contributed by atoms with Gasteiger partial charge in [0.05, 0.1) is 10.4 Å². The highest BCUT2D eigenvalue weighted by Crippen LogP contribution is 2.28. The van der Waals surface area contributed by atoms with Gasteiger partial charge in [0, 0.05) is 26.2 Å². The zero-order valence-corrected chi connectivity index (χ0v) is 15.7. The molecule has 9 heteroatoms. The molecule has 2 heterocycles. The number of thiophene rings is 1. The summed E-state index contributed by atoms with van der Waals surface area (Å²) in [4.78, 5) is 13.4. The average molecular weight is 411 g/mol. The monoisotopic (exact) mass is 410 g/mol. The Morgan fingerprint density at radius 2 is 1.95 bits per heavy atom. The van der Waals surface area contributed by atoms with Crippen LogP contribution in [0, 0.1) is 5.92 Å². The molecule has 1 saturated heterocycles. The van der Waals surface area contributed by atoms with Crippen molar-refractivity contribution in [2.75, 3.05) is 32.8 Å². The number of ether oxygens (including phenoxy) is 1. The SMILES string of the molecule is CC(C)COC(=O)N1CCN(S(=O)(=O)c2ccc(Br)s2)CC1. The first-order valence-corrected chi connectivity index (χ1v) is 10.0. The molecule has 1 aromatic rings. The summed E-state index contributed by atoms with van der Waals surface area (Å²) in [6.45, 7) is 5.59. The molecule has 22 heavy (non-hydrogen) atoms. The number of rotatable bonds is 4. The smallest absolute Gasteiger partial charge is 0.409 e. The van der Waals surface area contributed by atoms with Gasteiger partial charge in [-0.05, 0) is 34.0 Å². The van der Waals surface area contributed by atoms with Crippen LogP contribution in [-0.4, -0.2) is 56.5 Å². The first-order valence-electron chi connectivity index (χ1n) is 6.98. The summed E-state index contributed by atoms with van der Waals surface area (Å²) in [6, 6.07) is 3.31. The average Bonchev–Trinajstić information content (AvgIpc) is 2.92. The van der Waals surface area contributed by atoms with Gasteiger partial charge in [-0.2, -0.15) is 4.31 Å². The highest BCUT2D eigenvalue weighted by atomic mass is 79.9. The van der Waals surface area contributed by atoms with Crippen molar-refractivity contribution in [2.45, 2.75) is 18.1 Å². The minimum absolute atomic E-state index is 0.280. The summed E-state index contributed by atoms with van der Waals surface area (Å²) in [5.41, 5.74) is 0. The van der Waals surface area contributed by atoms with Gasteiger partial charge >= 0.3 is 6.09 Å². The molecule has 0 saturated carbocycles. The standard InChI is InChI=1S/C13H19BrN2O4S2/c1-10(2)9-20-13(17)15-5-7-16(8-6-15)22(18,19)12-4-3-11(14)21-12/h3-4,10H,5-9H2,1-2H3. The molecule has 0 aromatic carbocycles. The van der Waals surface area contributed by atoms with E-state index in [2.05, 4.69) is 15.9 Å². The molecule has 1 aliphatic heterocycles. The number of piperazine rings is 1. The van der Waals surface area contributed by atoms with E-state index in [-0.39, 0.29) is 25.1 Å². The Labute approximate surface area is 143 Å². The van der Waals surface area contributed by atoms with Crippen LogP contribution in [0.2, 0.25) is 0 Å². The predicted octanol–water partition coefficient (Wildman–Crippen LogP) is 2.61. The molecule has 0 radical (unpaired) electrons. The van der Waals surface area contributed by atoms with Gasteiger partial charge in [-0.1, -0.05) is 13.8 Å². The predicted molar refractivity (Wildman–Crippen MR) is 88.5 cm³/mol. The number of carbonyl (C=O) groups excluding carboxylic acids is 1. The largest absolute Gasteiger partial charge is 0.449 e. The summed E-state index contributed by atoms with van der Waals surface area (Å²) >= 11 is 4.46. The first-order chi connectivity index (χ1) is 10.3. The maximum absolute atomic E-state index is 12.5. The number of sulfonamides is 1. The zero-order chi connectivity index (χ0) is 16.3. The Bertz CT molecular complexity index is 622. The van der Waals surface area contributed by atoms with Crippen molar-refractivity contribution in [3.63, 3.8) is 0 Å². The normalized spacial score (nSPS) is 17.0. The highest BCUT2D eigenvalue weighted by Gasteiger charge is 2.31. The van der Waals surface area contributed by atoms with Crippen LogP contribution in [0.15, 0.2) is 20.1 Å². The van der Waals surface area contributed by atoms with Gasteiger partial charge in [-0.25, -0.2) is 13.2 Å². The molecule has 6 nitrogen and oxygen atoms in total. The van der Waals surface area contributed by atoms with Crippen molar-refractivity contribution in [2.24, 2.45) is 5.92 Å². The molecule has 0 N–H and O–H groups in total. The van der Waals surface area contributed by atoms with E-state index in [9.17, 15) is 13.2 Å². The van der Waals surface area contributed by atoms with Crippen molar-refractivity contribution in [1.82, 2.24) is 9.21 Å². The molecule has 0 atom stereocenters. The zero-order valence-electron chi connectivity index (χ0n) is 12.5. The van der Waals surface area contributed by atoms with Gasteiger partial charge in [-0.15, -0.1) is 11.3 Å². The minimum Gasteiger partial charge on any atom is -0.449 e. The van der Waals surface area contributed by atoms with Crippen LogP contribution in [0.4, 0.5) is 4.79 Å². The maximum atomic E-state index is 12.5. The van der Waals surface area contributed by atoms with Gasteiger partial charge in [0.2, 0.25) is 0 Å². The van der Waals surface area contributed by atoms with Crippen LogP contribution in [0.1, 0.15) is 13.8 Å². The van der Waals surface area contributed by atoms with Crippen LogP contribution in [0.3, 0.4) is 0 Å². The fourth-order valence-corrected chi connectivity index (χ4v) is 5.59. The van der Waals surface area contributed by atoms with Crippen LogP contribution < -0.4 is 0 Å². The van der Waals surface area contributed by atoms with Gasteiger partial charge < -0.3 is 9.64 Å². The number of nitrogens with zero attached hydrogens (tertiary/aromatic N) is 2. The van der Waals surface area contributed by atoms with E-state index in [4.69, 9.17) is 4.74 Å². The topological polar surface area (TPSA) is 66.9 Å². The van der Waals surface area contributed by atoms with Crippen molar-refractivity contribution in [1.29, 1.82) is 0 Å².